The van der Waals surface area contributed by atoms with Gasteiger partial charge in [0.1, 0.15) is 6.10 Å². The molecule has 0 saturated carbocycles. The first kappa shape index (κ1) is 55.8. The number of aliphatic hydroxyl groups is 2. The van der Waals surface area contributed by atoms with Gasteiger partial charge >= 0.3 is 5.97 Å². The van der Waals surface area contributed by atoms with Crippen molar-refractivity contribution in [2.75, 3.05) is 6.61 Å². The van der Waals surface area contributed by atoms with E-state index in [1.165, 1.54) is 135 Å². The van der Waals surface area contributed by atoms with E-state index in [0.717, 1.165) is 64.2 Å². The molecule has 6 nitrogen and oxygen atoms in total. The number of esters is 1. The maximum atomic E-state index is 13.2. The summed E-state index contributed by atoms with van der Waals surface area (Å²) in [4.78, 5) is 26.1. The van der Waals surface area contributed by atoms with Gasteiger partial charge in [-0.2, -0.15) is 0 Å². The third kappa shape index (κ3) is 40.6. The van der Waals surface area contributed by atoms with Gasteiger partial charge in [0.25, 0.3) is 0 Å². The summed E-state index contributed by atoms with van der Waals surface area (Å²) in [6, 6.07) is -0.707. The second-order valence-electron chi connectivity index (χ2n) is 16.9. The number of hydrogen-bond donors (Lipinski definition) is 3. The highest BCUT2D eigenvalue weighted by molar-refractivity contribution is 5.77. The van der Waals surface area contributed by atoms with Crippen LogP contribution in [0.1, 0.15) is 245 Å². The predicted octanol–water partition coefficient (Wildman–Crippen LogP) is 14.7. The molecule has 0 radical (unpaired) electrons. The highest BCUT2D eigenvalue weighted by Crippen LogP contribution is 2.18. The summed E-state index contributed by atoms with van der Waals surface area (Å²) < 4.78 is 5.91. The molecule has 338 valence electrons. The Hall–Kier alpha value is -2.18. The van der Waals surface area contributed by atoms with E-state index >= 15 is 0 Å². The fourth-order valence-electron chi connectivity index (χ4n) is 7.50. The second-order valence-corrected chi connectivity index (χ2v) is 16.9. The molecule has 0 bridgehead atoms. The molecule has 0 aliphatic heterocycles. The summed E-state index contributed by atoms with van der Waals surface area (Å²) in [6.45, 7) is 6.34. The largest absolute Gasteiger partial charge is 0.462 e. The van der Waals surface area contributed by atoms with Gasteiger partial charge in [-0.3, -0.25) is 9.59 Å². The molecule has 0 saturated heterocycles. The van der Waals surface area contributed by atoms with Crippen molar-refractivity contribution in [3.05, 3.63) is 48.6 Å². The second kappa shape index (κ2) is 45.9. The molecular weight excluding hydrogens is 719 g/mol. The van der Waals surface area contributed by atoms with Crippen molar-refractivity contribution >= 4 is 11.9 Å². The van der Waals surface area contributed by atoms with Crippen molar-refractivity contribution in [1.82, 2.24) is 5.32 Å². The first-order valence-corrected chi connectivity index (χ1v) is 24.9. The van der Waals surface area contributed by atoms with Crippen molar-refractivity contribution < 1.29 is 24.5 Å². The lowest BCUT2D eigenvalue weighted by Crippen LogP contribution is -2.46. The average Bonchev–Trinajstić information content (AvgIpc) is 3.22. The minimum atomic E-state index is -0.792. The quantitative estimate of drug-likeness (QED) is 0.0323. The van der Waals surface area contributed by atoms with Gasteiger partial charge in [0.15, 0.2) is 0 Å². The molecule has 0 aromatic rings. The van der Waals surface area contributed by atoms with E-state index in [9.17, 15) is 19.8 Å². The van der Waals surface area contributed by atoms with E-state index in [1.807, 2.05) is 24.3 Å². The summed E-state index contributed by atoms with van der Waals surface area (Å²) in [5.74, 6) is -0.513. The van der Waals surface area contributed by atoms with Crippen LogP contribution < -0.4 is 5.32 Å². The number of aliphatic hydroxyl groups excluding tert-OH is 2. The van der Waals surface area contributed by atoms with Crippen LogP contribution in [-0.2, 0) is 14.3 Å². The molecule has 1 amide bonds. The molecule has 0 aliphatic carbocycles. The number of allylic oxidation sites excluding steroid dienone is 8. The van der Waals surface area contributed by atoms with E-state index in [-0.39, 0.29) is 24.9 Å². The molecule has 58 heavy (non-hydrogen) atoms. The molecular formula is C52H95NO5. The van der Waals surface area contributed by atoms with Crippen LogP contribution in [0.25, 0.3) is 0 Å². The van der Waals surface area contributed by atoms with Crippen LogP contribution in [0.2, 0.25) is 0 Å². The molecule has 0 heterocycles. The van der Waals surface area contributed by atoms with Gasteiger partial charge in [-0.05, 0) is 44.9 Å². The molecule has 0 spiro atoms. The number of amides is 1. The third-order valence-corrected chi connectivity index (χ3v) is 11.3. The summed E-state index contributed by atoms with van der Waals surface area (Å²) in [7, 11) is 0. The lowest BCUT2D eigenvalue weighted by Gasteiger charge is -2.24. The van der Waals surface area contributed by atoms with Gasteiger partial charge in [0, 0.05) is 6.42 Å². The van der Waals surface area contributed by atoms with E-state index in [2.05, 4.69) is 50.4 Å². The zero-order chi connectivity index (χ0) is 42.4. The number of unbranched alkanes of at least 4 members (excludes halogenated alkanes) is 27. The zero-order valence-corrected chi connectivity index (χ0v) is 38.4. The Morgan fingerprint density at radius 2 is 0.931 bits per heavy atom. The molecule has 3 atom stereocenters. The van der Waals surface area contributed by atoms with Crippen LogP contribution in [0, 0.1) is 0 Å². The van der Waals surface area contributed by atoms with Crippen molar-refractivity contribution in [3.63, 3.8) is 0 Å². The number of rotatable bonds is 44. The minimum absolute atomic E-state index is 0.0639. The summed E-state index contributed by atoms with van der Waals surface area (Å²) >= 11 is 0. The standard InChI is InChI=1S/C52H95NO5/c1-4-7-10-13-16-19-22-25-27-28-31-34-37-40-43-48(58-52(57)45-42-39-36-33-30-26-23-20-17-14-11-8-5-2)46-51(56)53-49(47-54)50(55)44-41-38-35-32-29-24-21-18-15-12-9-6-3/h8,11,14,17,20,23,26,30,48-50,54-55H,4-7,9-10,12-13,15-16,18-19,21-22,24-25,27-29,31-47H2,1-3H3,(H,53,56)/b11-8+,17-14+,23-20-,30-26-. The maximum absolute atomic E-state index is 13.2. The third-order valence-electron chi connectivity index (χ3n) is 11.3. The average molecular weight is 814 g/mol. The first-order chi connectivity index (χ1) is 28.5. The fraction of sp³-hybridized carbons (Fsp3) is 0.808. The van der Waals surface area contributed by atoms with Crippen LogP contribution >= 0.6 is 0 Å². The van der Waals surface area contributed by atoms with E-state index in [0.29, 0.717) is 19.3 Å². The smallest absolute Gasteiger partial charge is 0.306 e. The Balaban J connectivity index is 4.63. The molecule has 3 N–H and O–H groups in total. The van der Waals surface area contributed by atoms with Gasteiger partial charge < -0.3 is 20.3 Å². The van der Waals surface area contributed by atoms with Crippen molar-refractivity contribution in [2.45, 2.75) is 264 Å². The monoisotopic (exact) mass is 814 g/mol. The Morgan fingerprint density at radius 1 is 0.517 bits per heavy atom. The topological polar surface area (TPSA) is 95.9 Å². The van der Waals surface area contributed by atoms with Gasteiger partial charge in [0.05, 0.1) is 25.2 Å². The Morgan fingerprint density at radius 3 is 1.40 bits per heavy atom. The molecule has 6 heteroatoms. The number of ether oxygens (including phenoxy) is 1. The minimum Gasteiger partial charge on any atom is -0.462 e. The van der Waals surface area contributed by atoms with Crippen LogP contribution in [0.15, 0.2) is 48.6 Å². The molecule has 0 aromatic carbocycles. The Kier molecular flexibility index (Phi) is 44.2. The Bertz CT molecular complexity index is 1000. The molecule has 0 aliphatic rings. The van der Waals surface area contributed by atoms with Crippen molar-refractivity contribution in [3.8, 4) is 0 Å². The predicted molar refractivity (Wildman–Crippen MR) is 250 cm³/mol. The molecule has 0 aromatic heterocycles. The lowest BCUT2D eigenvalue weighted by atomic mass is 10.0. The van der Waals surface area contributed by atoms with Gasteiger partial charge in [-0.1, -0.05) is 236 Å². The fourth-order valence-corrected chi connectivity index (χ4v) is 7.50. The lowest BCUT2D eigenvalue weighted by molar-refractivity contribution is -0.151. The summed E-state index contributed by atoms with van der Waals surface area (Å²) in [6.07, 6.45) is 54.5. The van der Waals surface area contributed by atoms with E-state index in [1.54, 1.807) is 0 Å². The van der Waals surface area contributed by atoms with Crippen LogP contribution in [0.4, 0.5) is 0 Å². The molecule has 0 fully saturated rings. The Labute approximate surface area is 359 Å². The molecule has 0 rings (SSSR count). The molecule has 3 unspecified atom stereocenters. The van der Waals surface area contributed by atoms with Crippen LogP contribution in [-0.4, -0.2) is 46.9 Å². The van der Waals surface area contributed by atoms with Crippen LogP contribution in [0.5, 0.6) is 0 Å². The van der Waals surface area contributed by atoms with E-state index < -0.39 is 18.2 Å². The van der Waals surface area contributed by atoms with Gasteiger partial charge in [-0.15, -0.1) is 0 Å². The first-order valence-electron chi connectivity index (χ1n) is 24.9. The summed E-state index contributed by atoms with van der Waals surface area (Å²) in [5, 5.41) is 23.7. The van der Waals surface area contributed by atoms with Crippen molar-refractivity contribution in [2.24, 2.45) is 0 Å². The van der Waals surface area contributed by atoms with E-state index in [4.69, 9.17) is 4.74 Å². The number of carbonyl (C=O) groups is 2. The number of carbonyl (C=O) groups excluding carboxylic acids is 2. The summed E-state index contributed by atoms with van der Waals surface area (Å²) in [5.41, 5.74) is 0. The van der Waals surface area contributed by atoms with Gasteiger partial charge in [0.2, 0.25) is 5.91 Å². The van der Waals surface area contributed by atoms with Gasteiger partial charge in [-0.25, -0.2) is 0 Å². The normalized spacial score (nSPS) is 13.7. The van der Waals surface area contributed by atoms with Crippen molar-refractivity contribution in [1.29, 1.82) is 0 Å². The number of hydrogen-bond acceptors (Lipinski definition) is 5. The maximum Gasteiger partial charge on any atom is 0.306 e. The zero-order valence-electron chi connectivity index (χ0n) is 38.4. The highest BCUT2D eigenvalue weighted by Gasteiger charge is 2.24. The van der Waals surface area contributed by atoms with Crippen LogP contribution in [0.3, 0.4) is 0 Å². The SMILES string of the molecule is CC/C=C/C=C/C=C\C=C/CCCCCC(=O)OC(CCCCCCCCCCCCCCCC)CC(=O)NC(CO)C(O)CCCCCCCCCCCCCC. The highest BCUT2D eigenvalue weighted by atomic mass is 16.5. The number of nitrogens with one attached hydrogen (secondary N) is 1.